The van der Waals surface area contributed by atoms with Crippen molar-refractivity contribution in [2.24, 2.45) is 11.8 Å². The Kier molecular flexibility index (Phi) is 8.87. The number of nitrogens with zero attached hydrogens (tertiary/aromatic N) is 5. The van der Waals surface area contributed by atoms with E-state index in [-0.39, 0.29) is 76.1 Å². The summed E-state index contributed by atoms with van der Waals surface area (Å²) in [5.41, 5.74) is 3.82. The molecule has 5 atom stereocenters. The molecule has 5 fully saturated rings. The third-order valence-corrected chi connectivity index (χ3v) is 12.3. The van der Waals surface area contributed by atoms with E-state index in [0.29, 0.717) is 34.5 Å². The average Bonchev–Trinajstić information content (AvgIpc) is 3.43. The van der Waals surface area contributed by atoms with Gasteiger partial charge in [0.25, 0.3) is 5.88 Å². The van der Waals surface area contributed by atoms with E-state index in [0.717, 1.165) is 42.4 Å². The molecule has 10 rings (SSSR count). The number of aromatic nitrogens is 3. The molecule has 278 valence electrons. The fraction of sp³-hybridized carbons (Fsp3) is 0.400. The van der Waals surface area contributed by atoms with Crippen molar-refractivity contribution in [2.75, 3.05) is 13.1 Å². The van der Waals surface area contributed by atoms with Gasteiger partial charge < -0.3 is 24.3 Å². The van der Waals surface area contributed by atoms with Crippen LogP contribution in [-0.4, -0.2) is 57.2 Å². The van der Waals surface area contributed by atoms with Gasteiger partial charge in [-0.3, -0.25) is 4.79 Å². The van der Waals surface area contributed by atoms with Gasteiger partial charge >= 0.3 is 6.61 Å². The number of halogens is 5. The molecule has 1 N–H and O–H groups in total. The third kappa shape index (κ3) is 5.83. The lowest BCUT2D eigenvalue weighted by Gasteiger charge is -2.39. The molecule has 54 heavy (non-hydrogen) atoms. The number of hydrogen-bond donors (Lipinski definition) is 1. The molecule has 0 spiro atoms. The van der Waals surface area contributed by atoms with Crippen molar-refractivity contribution in [3.05, 3.63) is 81.5 Å². The normalized spacial score (nSPS) is 23.3. The van der Waals surface area contributed by atoms with Gasteiger partial charge in [-0.2, -0.15) is 14.0 Å². The highest BCUT2D eigenvalue weighted by molar-refractivity contribution is 6.43. The molecule has 14 heteroatoms. The molecule has 0 radical (unpaired) electrons. The summed E-state index contributed by atoms with van der Waals surface area (Å²) in [5, 5.41) is 15.2. The first-order valence-corrected chi connectivity index (χ1v) is 19.0. The van der Waals surface area contributed by atoms with E-state index in [2.05, 4.69) is 31.7 Å². The number of alkyl halides is 2. The fourth-order valence-electron chi connectivity index (χ4n) is 8.89. The van der Waals surface area contributed by atoms with Crippen LogP contribution < -0.4 is 14.8 Å². The molecule has 2 aliphatic carbocycles. The Morgan fingerprint density at radius 2 is 1.98 bits per heavy atom. The molecule has 3 aliphatic heterocycles. The van der Waals surface area contributed by atoms with Gasteiger partial charge in [0.05, 0.1) is 40.3 Å². The van der Waals surface area contributed by atoms with Crippen molar-refractivity contribution in [3.8, 4) is 28.8 Å². The third-order valence-electron chi connectivity index (χ3n) is 11.5. The number of hydrogen-bond acceptors (Lipinski definition) is 7. The summed E-state index contributed by atoms with van der Waals surface area (Å²) in [7, 11) is 0. The van der Waals surface area contributed by atoms with Gasteiger partial charge in [0.1, 0.15) is 11.6 Å². The number of nitriles is 1. The molecule has 2 aromatic carbocycles. The van der Waals surface area contributed by atoms with E-state index in [9.17, 15) is 18.8 Å². The maximum Gasteiger partial charge on any atom is 0.388 e. The highest BCUT2D eigenvalue weighted by Crippen LogP contribution is 2.51. The largest absolute Gasteiger partial charge is 0.483 e. The Labute approximate surface area is 319 Å². The van der Waals surface area contributed by atoms with Gasteiger partial charge in [-0.15, -0.1) is 0 Å². The van der Waals surface area contributed by atoms with Crippen LogP contribution in [0, 0.1) is 35.9 Å². The molecule has 3 saturated heterocycles. The summed E-state index contributed by atoms with van der Waals surface area (Å²) in [6.07, 6.45) is 4.24. The lowest BCUT2D eigenvalue weighted by atomic mass is 9.79. The molecular formula is C40H35Cl2F3N6O3. The van der Waals surface area contributed by atoms with Crippen molar-refractivity contribution < 1.29 is 27.4 Å². The van der Waals surface area contributed by atoms with Gasteiger partial charge in [0, 0.05) is 70.8 Å². The second kappa shape index (κ2) is 13.6. The first kappa shape index (κ1) is 35.2. The van der Waals surface area contributed by atoms with E-state index in [4.69, 9.17) is 32.9 Å². The lowest BCUT2D eigenvalue weighted by Crippen LogP contribution is -2.41. The number of amides is 1. The highest BCUT2D eigenvalue weighted by Gasteiger charge is 2.51. The van der Waals surface area contributed by atoms with E-state index in [1.807, 2.05) is 17.9 Å². The van der Waals surface area contributed by atoms with Crippen molar-refractivity contribution in [3.63, 3.8) is 0 Å². The topological polar surface area (TPSA) is 105 Å². The Balaban J connectivity index is 1.23. The van der Waals surface area contributed by atoms with Crippen LogP contribution in [-0.2, 0) is 11.2 Å². The number of carbonyl (C=O) groups is 1. The summed E-state index contributed by atoms with van der Waals surface area (Å²) in [4.78, 5) is 24.7. The highest BCUT2D eigenvalue weighted by atomic mass is 35.5. The van der Waals surface area contributed by atoms with Crippen LogP contribution in [0.25, 0.3) is 32.9 Å². The number of ether oxygens (including phenoxy) is 2. The minimum atomic E-state index is -3.08. The number of aryl methyl sites for hydroxylation is 2. The van der Waals surface area contributed by atoms with Gasteiger partial charge in [0.2, 0.25) is 5.91 Å². The molecular weight excluding hydrogens is 740 g/mol. The molecule has 1 amide bonds. The fourth-order valence-corrected chi connectivity index (χ4v) is 9.28. The van der Waals surface area contributed by atoms with E-state index < -0.39 is 24.6 Å². The second-order valence-electron chi connectivity index (χ2n) is 14.7. The predicted octanol–water partition coefficient (Wildman–Crippen LogP) is 8.73. The molecule has 5 aliphatic rings. The van der Waals surface area contributed by atoms with Crippen molar-refractivity contribution in [2.45, 2.75) is 76.3 Å². The van der Waals surface area contributed by atoms with E-state index >= 15 is 4.39 Å². The van der Waals surface area contributed by atoms with Gasteiger partial charge in [-0.25, -0.2) is 14.4 Å². The van der Waals surface area contributed by atoms with E-state index in [1.54, 1.807) is 24.3 Å². The molecule has 5 aromatic rings. The van der Waals surface area contributed by atoms with Gasteiger partial charge in [0.15, 0.2) is 11.6 Å². The molecule has 3 aromatic heterocycles. The number of carbonyl (C=O) groups excluding carboxylic acids is 1. The zero-order chi connectivity index (χ0) is 37.4. The smallest absolute Gasteiger partial charge is 0.388 e. The summed E-state index contributed by atoms with van der Waals surface area (Å²) >= 11 is 13.1. The maximum absolute atomic E-state index is 17.2. The quantitative estimate of drug-likeness (QED) is 0.151. The van der Waals surface area contributed by atoms with Crippen LogP contribution in [0.5, 0.6) is 11.6 Å². The summed E-state index contributed by atoms with van der Waals surface area (Å²) in [6.45, 7) is -0.136. The number of pyridine rings is 2. The molecule has 9 nitrogen and oxygen atoms in total. The Bertz CT molecular complexity index is 2370. The minimum Gasteiger partial charge on any atom is -0.483 e. The zero-order valence-electron chi connectivity index (χ0n) is 29.2. The number of benzene rings is 2. The summed E-state index contributed by atoms with van der Waals surface area (Å²) in [6, 6.07) is 14.2. The molecule has 5 unspecified atom stereocenters. The number of rotatable bonds is 10. The van der Waals surface area contributed by atoms with Crippen LogP contribution >= 0.6 is 23.2 Å². The molecule has 6 heterocycles. The Morgan fingerprint density at radius 1 is 1.15 bits per heavy atom. The number of nitrogens with one attached hydrogen (secondary N) is 1. The number of fused-ring (bicyclic) bond motifs is 4. The van der Waals surface area contributed by atoms with Crippen LogP contribution in [0.4, 0.5) is 13.2 Å². The summed E-state index contributed by atoms with van der Waals surface area (Å²) < 4.78 is 57.0. The van der Waals surface area contributed by atoms with E-state index in [1.165, 1.54) is 12.3 Å². The first-order valence-electron chi connectivity index (χ1n) is 18.2. The Hall–Kier alpha value is -4.57. The van der Waals surface area contributed by atoms with Crippen molar-refractivity contribution in [1.82, 2.24) is 24.8 Å². The second-order valence-corrected chi connectivity index (χ2v) is 15.5. The first-order chi connectivity index (χ1) is 26.1. The SMILES string of the molecule is Cc1nc2c(F)c(-c3cccc(Cl)c3Cl)c(CCC#N)cc2c2c1cc(C1CC(Oc3cccnc3OC(F)F)CN1C(=O)C1CC1)n2C1C2CNC1C2. The summed E-state index contributed by atoms with van der Waals surface area (Å²) in [5.74, 6) is -0.517. The lowest BCUT2D eigenvalue weighted by molar-refractivity contribution is -0.133. The molecule has 2 bridgehead atoms. The van der Waals surface area contributed by atoms with Crippen LogP contribution in [0.2, 0.25) is 10.0 Å². The predicted molar refractivity (Wildman–Crippen MR) is 197 cm³/mol. The van der Waals surface area contributed by atoms with Crippen molar-refractivity contribution in [1.29, 1.82) is 5.26 Å². The Morgan fingerprint density at radius 3 is 2.70 bits per heavy atom. The van der Waals surface area contributed by atoms with Crippen molar-refractivity contribution >= 4 is 50.9 Å². The average molecular weight is 776 g/mol. The molecule has 2 saturated carbocycles. The minimum absolute atomic E-state index is 0.0282. The number of likely N-dealkylation sites (tertiary alicyclic amines) is 1. The zero-order valence-corrected chi connectivity index (χ0v) is 30.7. The maximum atomic E-state index is 17.2. The van der Waals surface area contributed by atoms with Crippen LogP contribution in [0.1, 0.15) is 61.1 Å². The standard InChI is InChI=1S/C40H35Cl2F3N6O3/c1-19-25-16-30(29-15-23(18-50(29)39(52)20-9-10-20)53-31-8-4-12-47-38(31)54-40(44)45)51(36-22-14-28(36)48-17-22)37(25)26-13-21(5-3-11-46)32(34(43)35(26)49-19)24-6-2-7-27(41)33(24)42/h2,4,6-8,12-13,16,20,22-23,28-29,36,40,48H,3,5,9-10,14-15,17-18H2,1H3. The van der Waals surface area contributed by atoms with Gasteiger partial charge in [-0.1, -0.05) is 35.3 Å². The monoisotopic (exact) mass is 774 g/mol. The van der Waals surface area contributed by atoms with Crippen LogP contribution in [0.3, 0.4) is 0 Å². The van der Waals surface area contributed by atoms with Crippen LogP contribution in [0.15, 0.2) is 48.7 Å². The van der Waals surface area contributed by atoms with Gasteiger partial charge in [-0.05, 0) is 74.4 Å².